The van der Waals surface area contributed by atoms with Crippen LogP contribution in [-0.2, 0) is 10.0 Å². The number of sulfonamides is 1. The first-order valence-corrected chi connectivity index (χ1v) is 9.85. The van der Waals surface area contributed by atoms with E-state index in [4.69, 9.17) is 0 Å². The highest BCUT2D eigenvalue weighted by atomic mass is 32.2. The number of hydrogen-bond acceptors (Lipinski definition) is 5. The summed E-state index contributed by atoms with van der Waals surface area (Å²) < 4.78 is 27.6. The van der Waals surface area contributed by atoms with Gasteiger partial charge in [-0.25, -0.2) is 8.42 Å². The molecule has 0 aliphatic rings. The lowest BCUT2D eigenvalue weighted by Gasteiger charge is -2.18. The van der Waals surface area contributed by atoms with Crippen molar-refractivity contribution in [1.29, 1.82) is 0 Å². The molecule has 0 aliphatic carbocycles. The maximum Gasteiger partial charge on any atom is 0.270 e. The third kappa shape index (κ3) is 4.62. The molecule has 0 aromatic heterocycles. The molecule has 0 saturated heterocycles. The Kier molecular flexibility index (Phi) is 6.17. The first-order chi connectivity index (χ1) is 12.7. The molecule has 1 N–H and O–H groups in total. The highest BCUT2D eigenvalue weighted by Gasteiger charge is 2.21. The number of nitrogens with one attached hydrogen (secondary N) is 1. The maximum atomic E-state index is 12.6. The molecule has 27 heavy (non-hydrogen) atoms. The van der Waals surface area contributed by atoms with Gasteiger partial charge in [-0.15, -0.1) is 0 Å². The van der Waals surface area contributed by atoms with Crippen LogP contribution in [0.4, 0.5) is 11.4 Å². The molecule has 0 radical (unpaired) electrons. The van der Waals surface area contributed by atoms with Crippen molar-refractivity contribution in [2.75, 3.05) is 17.8 Å². The van der Waals surface area contributed by atoms with Crippen molar-refractivity contribution in [3.63, 3.8) is 0 Å². The molecular formula is C18H21N3O5S. The van der Waals surface area contributed by atoms with E-state index in [0.29, 0.717) is 24.2 Å². The molecule has 0 aliphatic heterocycles. The first-order valence-electron chi connectivity index (χ1n) is 8.36. The molecule has 2 rings (SSSR count). The lowest BCUT2D eigenvalue weighted by molar-refractivity contribution is -0.385. The Bertz CT molecular complexity index is 951. The Balaban J connectivity index is 2.27. The van der Waals surface area contributed by atoms with Crippen LogP contribution in [0.25, 0.3) is 0 Å². The predicted molar refractivity (Wildman–Crippen MR) is 102 cm³/mol. The second-order valence-corrected chi connectivity index (χ2v) is 7.52. The van der Waals surface area contributed by atoms with Crippen LogP contribution >= 0.6 is 0 Å². The number of nitro groups is 1. The lowest BCUT2D eigenvalue weighted by Crippen LogP contribution is -2.30. The second kappa shape index (κ2) is 8.17. The Morgan fingerprint density at radius 1 is 1.11 bits per heavy atom. The van der Waals surface area contributed by atoms with E-state index in [1.54, 1.807) is 24.0 Å². The van der Waals surface area contributed by atoms with Crippen LogP contribution in [0.15, 0.2) is 47.4 Å². The minimum Gasteiger partial charge on any atom is -0.339 e. The molecule has 0 heterocycles. The van der Waals surface area contributed by atoms with Crippen molar-refractivity contribution < 1.29 is 18.1 Å². The van der Waals surface area contributed by atoms with Gasteiger partial charge in [-0.3, -0.25) is 19.6 Å². The molecule has 8 nitrogen and oxygen atoms in total. The fourth-order valence-corrected chi connectivity index (χ4v) is 3.90. The summed E-state index contributed by atoms with van der Waals surface area (Å²) in [5.74, 6) is -0.135. The van der Waals surface area contributed by atoms with Crippen molar-refractivity contribution in [1.82, 2.24) is 4.90 Å². The van der Waals surface area contributed by atoms with Crippen LogP contribution in [-0.4, -0.2) is 37.2 Å². The fourth-order valence-electron chi connectivity index (χ4n) is 2.58. The Hall–Kier alpha value is -2.94. The monoisotopic (exact) mass is 391 g/mol. The highest BCUT2D eigenvalue weighted by molar-refractivity contribution is 7.92. The number of aryl methyl sites for hydroxylation is 1. The average Bonchev–Trinajstić information content (AvgIpc) is 2.63. The topological polar surface area (TPSA) is 110 Å². The summed E-state index contributed by atoms with van der Waals surface area (Å²) in [6.07, 6.45) is 0. The van der Waals surface area contributed by atoms with Gasteiger partial charge in [0.25, 0.3) is 21.6 Å². The molecule has 0 unspecified atom stereocenters. The highest BCUT2D eigenvalue weighted by Crippen LogP contribution is 2.24. The zero-order valence-corrected chi connectivity index (χ0v) is 16.1. The molecule has 9 heteroatoms. The third-order valence-electron chi connectivity index (χ3n) is 4.11. The Morgan fingerprint density at radius 2 is 1.70 bits per heavy atom. The predicted octanol–water partition coefficient (Wildman–Crippen LogP) is 3.19. The van der Waals surface area contributed by atoms with Crippen LogP contribution in [0.2, 0.25) is 0 Å². The Labute approximate surface area is 158 Å². The molecule has 1 amide bonds. The summed E-state index contributed by atoms with van der Waals surface area (Å²) in [4.78, 5) is 24.0. The molecule has 0 fully saturated rings. The van der Waals surface area contributed by atoms with Gasteiger partial charge in [0.05, 0.1) is 9.82 Å². The normalized spacial score (nSPS) is 11.1. The van der Waals surface area contributed by atoms with E-state index in [-0.39, 0.29) is 22.2 Å². The summed E-state index contributed by atoms with van der Waals surface area (Å²) in [5, 5.41) is 10.9. The average molecular weight is 391 g/mol. The van der Waals surface area contributed by atoms with E-state index < -0.39 is 14.9 Å². The van der Waals surface area contributed by atoms with Crippen molar-refractivity contribution in [3.8, 4) is 0 Å². The minimum absolute atomic E-state index is 0.135. The quantitative estimate of drug-likeness (QED) is 0.576. The van der Waals surface area contributed by atoms with Gasteiger partial charge in [-0.2, -0.15) is 0 Å². The largest absolute Gasteiger partial charge is 0.339 e. The lowest BCUT2D eigenvalue weighted by atomic mass is 10.2. The van der Waals surface area contributed by atoms with Crippen LogP contribution in [0.5, 0.6) is 0 Å². The number of nitrogens with zero attached hydrogens (tertiary/aromatic N) is 2. The molecule has 0 saturated carbocycles. The molecule has 0 spiro atoms. The second-order valence-electron chi connectivity index (χ2n) is 5.87. The van der Waals surface area contributed by atoms with Gasteiger partial charge < -0.3 is 4.90 Å². The number of anilines is 1. The molecule has 0 bridgehead atoms. The van der Waals surface area contributed by atoms with Crippen molar-refractivity contribution in [3.05, 3.63) is 63.7 Å². The van der Waals surface area contributed by atoms with Gasteiger partial charge in [-0.05, 0) is 50.6 Å². The molecule has 144 valence electrons. The number of carbonyl (C=O) groups excluding carboxylic acids is 1. The van der Waals surface area contributed by atoms with Crippen LogP contribution in [0.1, 0.15) is 29.8 Å². The zero-order chi connectivity index (χ0) is 20.2. The molecule has 2 aromatic rings. The van der Waals surface area contributed by atoms with Gasteiger partial charge in [0.2, 0.25) is 0 Å². The van der Waals surface area contributed by atoms with E-state index in [1.165, 1.54) is 24.3 Å². The standard InChI is InChI=1S/C18H21N3O5S/c1-4-20(5-2)18(22)14-7-9-15(10-8-14)19-27(25,26)17-12-16(21(23)24)11-6-13(17)3/h6-12,19H,4-5H2,1-3H3. The van der Waals surface area contributed by atoms with Crippen LogP contribution < -0.4 is 4.72 Å². The number of rotatable bonds is 7. The van der Waals surface area contributed by atoms with Crippen molar-refractivity contribution in [2.24, 2.45) is 0 Å². The number of hydrogen-bond donors (Lipinski definition) is 1. The zero-order valence-electron chi connectivity index (χ0n) is 15.3. The fraction of sp³-hybridized carbons (Fsp3) is 0.278. The number of carbonyl (C=O) groups is 1. The number of non-ortho nitro benzene ring substituents is 1. The Morgan fingerprint density at radius 3 is 2.22 bits per heavy atom. The molecule has 0 atom stereocenters. The van der Waals surface area contributed by atoms with Gasteiger partial charge in [0.15, 0.2) is 0 Å². The van der Waals surface area contributed by atoms with Crippen molar-refractivity contribution >= 4 is 27.3 Å². The van der Waals surface area contributed by atoms with Gasteiger partial charge >= 0.3 is 0 Å². The third-order valence-corrected chi connectivity index (χ3v) is 5.63. The van der Waals surface area contributed by atoms with Crippen molar-refractivity contribution in [2.45, 2.75) is 25.7 Å². The summed E-state index contributed by atoms with van der Waals surface area (Å²) in [5.41, 5.74) is 0.799. The van der Waals surface area contributed by atoms with E-state index in [1.807, 2.05) is 13.8 Å². The first kappa shape index (κ1) is 20.4. The smallest absolute Gasteiger partial charge is 0.270 e. The number of amides is 1. The number of nitro benzene ring substituents is 1. The molecular weight excluding hydrogens is 370 g/mol. The van der Waals surface area contributed by atoms with Crippen LogP contribution in [0, 0.1) is 17.0 Å². The van der Waals surface area contributed by atoms with Gasteiger partial charge in [0, 0.05) is 36.5 Å². The number of benzene rings is 2. The van der Waals surface area contributed by atoms with E-state index in [9.17, 15) is 23.3 Å². The SMILES string of the molecule is CCN(CC)C(=O)c1ccc(NS(=O)(=O)c2cc([N+](=O)[O-])ccc2C)cc1. The van der Waals surface area contributed by atoms with Gasteiger partial charge in [0.1, 0.15) is 0 Å². The molecule has 2 aromatic carbocycles. The summed E-state index contributed by atoms with van der Waals surface area (Å²) in [6, 6.07) is 9.72. The van der Waals surface area contributed by atoms with E-state index >= 15 is 0 Å². The summed E-state index contributed by atoms with van der Waals surface area (Å²) in [6.45, 7) is 6.48. The van der Waals surface area contributed by atoms with Gasteiger partial charge in [-0.1, -0.05) is 6.07 Å². The maximum absolute atomic E-state index is 12.6. The van der Waals surface area contributed by atoms with E-state index in [2.05, 4.69) is 4.72 Å². The summed E-state index contributed by atoms with van der Waals surface area (Å²) in [7, 11) is -4.01. The summed E-state index contributed by atoms with van der Waals surface area (Å²) >= 11 is 0. The van der Waals surface area contributed by atoms with Crippen LogP contribution in [0.3, 0.4) is 0 Å². The minimum atomic E-state index is -4.01. The van der Waals surface area contributed by atoms with E-state index in [0.717, 1.165) is 6.07 Å².